The molecule has 0 atom stereocenters. The molecule has 1 N–H and O–H groups in total. The number of aromatic nitrogens is 4. The van der Waals surface area contributed by atoms with E-state index >= 15 is 0 Å². The van der Waals surface area contributed by atoms with E-state index in [0.717, 1.165) is 66.5 Å². The smallest absolute Gasteiger partial charge is 0.254 e. The number of carbonyl (C=O) groups is 1. The molecule has 0 radical (unpaired) electrons. The van der Waals surface area contributed by atoms with Gasteiger partial charge in [0, 0.05) is 96.1 Å². The summed E-state index contributed by atoms with van der Waals surface area (Å²) in [7, 11) is 7.46. The molecule has 4 aromatic heterocycles. The Labute approximate surface area is 211 Å². The van der Waals surface area contributed by atoms with Crippen LogP contribution in [0.1, 0.15) is 16.1 Å². The maximum absolute atomic E-state index is 12.1. The summed E-state index contributed by atoms with van der Waals surface area (Å²) in [4.78, 5) is 32.1. The van der Waals surface area contributed by atoms with Crippen LogP contribution in [0.25, 0.3) is 22.2 Å². The second-order valence-electron chi connectivity index (χ2n) is 9.34. The van der Waals surface area contributed by atoms with Crippen LogP contribution in [0, 0.1) is 0 Å². The van der Waals surface area contributed by atoms with Crippen LogP contribution in [-0.2, 0) is 13.6 Å². The highest BCUT2D eigenvalue weighted by Crippen LogP contribution is 2.30. The summed E-state index contributed by atoms with van der Waals surface area (Å²) < 4.78 is 2.20. The van der Waals surface area contributed by atoms with E-state index < -0.39 is 0 Å². The third-order valence-corrected chi connectivity index (χ3v) is 6.84. The molecule has 9 nitrogen and oxygen atoms in total. The van der Waals surface area contributed by atoms with Crippen molar-refractivity contribution in [3.63, 3.8) is 0 Å². The summed E-state index contributed by atoms with van der Waals surface area (Å²) in [6.45, 7) is 4.53. The fourth-order valence-electron chi connectivity index (χ4n) is 4.70. The second kappa shape index (κ2) is 9.94. The maximum Gasteiger partial charge on any atom is 0.254 e. The monoisotopic (exact) mass is 484 g/mol. The van der Waals surface area contributed by atoms with Gasteiger partial charge in [-0.2, -0.15) is 0 Å². The van der Waals surface area contributed by atoms with Gasteiger partial charge in [0.15, 0.2) is 0 Å². The van der Waals surface area contributed by atoms with Gasteiger partial charge in [-0.3, -0.25) is 9.69 Å². The number of anilines is 2. The molecule has 4 aromatic rings. The summed E-state index contributed by atoms with van der Waals surface area (Å²) in [6, 6.07) is 12.2. The van der Waals surface area contributed by atoms with E-state index in [1.54, 1.807) is 25.2 Å². The van der Waals surface area contributed by atoms with Crippen molar-refractivity contribution >= 4 is 28.6 Å². The molecule has 0 bridgehead atoms. The standard InChI is InChI=1S/C27H32N8O/c1-28-24-7-5-19(16-30-24)22-9-10-29-26-23(22)15-21(33(26)4)18-34-11-13-35(14-12-34)25-8-6-20(17-31-25)27(36)32(2)3/h5-10,15-17H,11-14,18H2,1-4H3,(H,28,30). The first-order valence-corrected chi connectivity index (χ1v) is 12.2. The van der Waals surface area contributed by atoms with Crippen LogP contribution in [0.2, 0.25) is 0 Å². The predicted molar refractivity (Wildman–Crippen MR) is 143 cm³/mol. The largest absolute Gasteiger partial charge is 0.373 e. The van der Waals surface area contributed by atoms with E-state index in [-0.39, 0.29) is 5.91 Å². The lowest BCUT2D eigenvalue weighted by atomic mass is 10.1. The Morgan fingerprint density at radius 1 is 1.00 bits per heavy atom. The van der Waals surface area contributed by atoms with Crippen molar-refractivity contribution in [1.29, 1.82) is 0 Å². The molecule has 0 aliphatic carbocycles. The molecule has 1 fully saturated rings. The molecule has 0 spiro atoms. The Bertz CT molecular complexity index is 1350. The van der Waals surface area contributed by atoms with E-state index in [9.17, 15) is 4.79 Å². The van der Waals surface area contributed by atoms with Gasteiger partial charge in [-0.05, 0) is 42.0 Å². The highest BCUT2D eigenvalue weighted by Gasteiger charge is 2.21. The SMILES string of the molecule is CNc1ccc(-c2ccnc3c2cc(CN2CCN(c4ccc(C(=O)N(C)C)cn4)CC2)n3C)cn1. The van der Waals surface area contributed by atoms with E-state index in [4.69, 9.17) is 0 Å². The van der Waals surface area contributed by atoms with E-state index in [1.165, 1.54) is 5.69 Å². The zero-order valence-electron chi connectivity index (χ0n) is 21.3. The summed E-state index contributed by atoms with van der Waals surface area (Å²) in [5.41, 5.74) is 5.06. The predicted octanol–water partition coefficient (Wildman–Crippen LogP) is 3.10. The zero-order valence-corrected chi connectivity index (χ0v) is 21.3. The first-order chi connectivity index (χ1) is 17.4. The lowest BCUT2D eigenvalue weighted by molar-refractivity contribution is 0.0827. The van der Waals surface area contributed by atoms with Crippen LogP contribution in [-0.4, -0.2) is 82.5 Å². The zero-order chi connectivity index (χ0) is 25.2. The molecule has 5 heterocycles. The number of fused-ring (bicyclic) bond motifs is 1. The number of hydrogen-bond donors (Lipinski definition) is 1. The van der Waals surface area contributed by atoms with Crippen molar-refractivity contribution in [2.24, 2.45) is 7.05 Å². The molecule has 1 saturated heterocycles. The van der Waals surface area contributed by atoms with Gasteiger partial charge >= 0.3 is 0 Å². The molecular formula is C27H32N8O. The molecule has 1 amide bonds. The molecule has 36 heavy (non-hydrogen) atoms. The maximum atomic E-state index is 12.1. The lowest BCUT2D eigenvalue weighted by Gasteiger charge is -2.35. The molecular weight excluding hydrogens is 452 g/mol. The summed E-state index contributed by atoms with van der Waals surface area (Å²) in [6.07, 6.45) is 5.45. The molecule has 186 valence electrons. The third-order valence-electron chi connectivity index (χ3n) is 6.84. The van der Waals surface area contributed by atoms with Gasteiger partial charge in [-0.15, -0.1) is 0 Å². The Hall–Kier alpha value is -3.98. The number of carbonyl (C=O) groups excluding carboxylic acids is 1. The van der Waals surface area contributed by atoms with Gasteiger partial charge < -0.3 is 19.7 Å². The van der Waals surface area contributed by atoms with Crippen molar-refractivity contribution in [3.05, 3.63) is 66.2 Å². The van der Waals surface area contributed by atoms with Crippen molar-refractivity contribution in [2.45, 2.75) is 6.54 Å². The minimum Gasteiger partial charge on any atom is -0.373 e. The number of rotatable bonds is 6. The van der Waals surface area contributed by atoms with Crippen molar-refractivity contribution < 1.29 is 4.79 Å². The lowest BCUT2D eigenvalue weighted by Crippen LogP contribution is -2.46. The number of nitrogens with zero attached hydrogens (tertiary/aromatic N) is 7. The van der Waals surface area contributed by atoms with Gasteiger partial charge in [-0.25, -0.2) is 15.0 Å². The number of nitrogens with one attached hydrogen (secondary N) is 1. The van der Waals surface area contributed by atoms with Crippen LogP contribution in [0.5, 0.6) is 0 Å². The van der Waals surface area contributed by atoms with E-state index in [1.807, 2.05) is 37.6 Å². The minimum atomic E-state index is -0.0299. The molecule has 1 aliphatic rings. The summed E-state index contributed by atoms with van der Waals surface area (Å²) in [5.74, 6) is 1.74. The van der Waals surface area contributed by atoms with Gasteiger partial charge in [0.1, 0.15) is 17.3 Å². The van der Waals surface area contributed by atoms with Crippen molar-refractivity contribution in [1.82, 2.24) is 29.3 Å². The number of amides is 1. The van der Waals surface area contributed by atoms with Gasteiger partial charge in [0.05, 0.1) is 5.56 Å². The van der Waals surface area contributed by atoms with Gasteiger partial charge in [0.25, 0.3) is 5.91 Å². The number of hydrogen-bond acceptors (Lipinski definition) is 7. The van der Waals surface area contributed by atoms with Crippen LogP contribution in [0.15, 0.2) is 55.0 Å². The molecule has 9 heteroatoms. The highest BCUT2D eigenvalue weighted by molar-refractivity contribution is 5.94. The molecule has 1 aliphatic heterocycles. The molecule has 0 saturated carbocycles. The third kappa shape index (κ3) is 4.61. The molecule has 5 rings (SSSR count). The van der Waals surface area contributed by atoms with E-state index in [0.29, 0.717) is 5.56 Å². The average Bonchev–Trinajstić information content (AvgIpc) is 3.24. The van der Waals surface area contributed by atoms with Crippen LogP contribution in [0.4, 0.5) is 11.6 Å². The number of aryl methyl sites for hydroxylation is 1. The second-order valence-corrected chi connectivity index (χ2v) is 9.34. The quantitative estimate of drug-likeness (QED) is 0.450. The Kier molecular flexibility index (Phi) is 6.56. The summed E-state index contributed by atoms with van der Waals surface area (Å²) in [5, 5.41) is 4.21. The Morgan fingerprint density at radius 2 is 1.81 bits per heavy atom. The highest BCUT2D eigenvalue weighted by atomic mass is 16.2. The van der Waals surface area contributed by atoms with E-state index in [2.05, 4.69) is 59.9 Å². The van der Waals surface area contributed by atoms with Crippen LogP contribution < -0.4 is 10.2 Å². The molecule has 0 aromatic carbocycles. The van der Waals surface area contributed by atoms with Crippen LogP contribution >= 0.6 is 0 Å². The average molecular weight is 485 g/mol. The Morgan fingerprint density at radius 3 is 2.44 bits per heavy atom. The first-order valence-electron chi connectivity index (χ1n) is 12.2. The Balaban J connectivity index is 1.28. The summed E-state index contributed by atoms with van der Waals surface area (Å²) >= 11 is 0. The fraction of sp³-hybridized carbons (Fsp3) is 0.333. The fourth-order valence-corrected chi connectivity index (χ4v) is 4.70. The topological polar surface area (TPSA) is 82.4 Å². The normalized spacial score (nSPS) is 14.3. The van der Waals surface area contributed by atoms with Crippen molar-refractivity contribution in [3.8, 4) is 11.1 Å². The van der Waals surface area contributed by atoms with Gasteiger partial charge in [0.2, 0.25) is 0 Å². The minimum absolute atomic E-state index is 0.0299. The molecule has 0 unspecified atom stereocenters. The first kappa shape index (κ1) is 23.7. The number of piperazine rings is 1. The van der Waals surface area contributed by atoms with Crippen LogP contribution in [0.3, 0.4) is 0 Å². The number of pyridine rings is 3. The van der Waals surface area contributed by atoms with Crippen molar-refractivity contribution in [2.75, 3.05) is 57.5 Å². The van der Waals surface area contributed by atoms with Gasteiger partial charge in [-0.1, -0.05) is 0 Å².